The fourth-order valence-electron chi connectivity index (χ4n) is 1.02. The van der Waals surface area contributed by atoms with E-state index in [4.69, 9.17) is 4.42 Å². The summed E-state index contributed by atoms with van der Waals surface area (Å²) in [6.07, 6.45) is 0.844. The molecule has 1 aromatic rings. The van der Waals surface area contributed by atoms with Gasteiger partial charge in [0.25, 0.3) is 0 Å². The summed E-state index contributed by atoms with van der Waals surface area (Å²) in [5.74, 6) is -3.01. The van der Waals surface area contributed by atoms with Crippen molar-refractivity contribution < 1.29 is 127 Å². The predicted molar refractivity (Wildman–Crippen MR) is 44.0 cm³/mol. The summed E-state index contributed by atoms with van der Waals surface area (Å²) in [4.78, 5) is 24.6. The van der Waals surface area contributed by atoms with Crippen LogP contribution in [-0.4, -0.2) is 16.9 Å². The van der Waals surface area contributed by atoms with Crippen molar-refractivity contribution in [3.8, 4) is 0 Å². The quantitative estimate of drug-likeness (QED) is 0.237. The summed E-state index contributed by atoms with van der Waals surface area (Å²) in [5.41, 5.74) is -0.831. The van der Waals surface area contributed by atoms with Gasteiger partial charge in [-0.15, -0.1) is 0 Å². The second kappa shape index (κ2) is 9.13. The fraction of sp³-hybridized carbons (Fsp3) is 0.222. The van der Waals surface area contributed by atoms with Crippen molar-refractivity contribution in [1.82, 2.24) is 4.98 Å². The molecule has 0 spiro atoms. The Hall–Kier alpha value is 1.16. The number of aryl methyl sites for hydroxylation is 2. The van der Waals surface area contributed by atoms with E-state index in [0.717, 1.165) is 6.08 Å². The molecule has 0 N–H and O–H groups in total. The molecule has 1 heterocycles. The van der Waals surface area contributed by atoms with Crippen molar-refractivity contribution >= 4 is 18.0 Å². The number of aliphatic carboxylic acids is 2. The standard InChI is InChI=1S/C9H9NO5.2K/c1-4-7(10-5(2)15-4)3-6(8(11)12)9(13)14;;/h3H,1-2H3,(H,11,12)(H,13,14);;/q;2*+1/p-2. The number of carbonyl (C=O) groups excluding carboxylic acids is 2. The maximum atomic E-state index is 10.4. The molecule has 0 atom stereocenters. The number of carboxylic acids is 2. The number of oxazole rings is 1. The van der Waals surface area contributed by atoms with E-state index in [9.17, 15) is 19.8 Å². The summed E-state index contributed by atoms with van der Waals surface area (Å²) in [7, 11) is 0. The van der Waals surface area contributed by atoms with Gasteiger partial charge in [0.05, 0.1) is 11.9 Å². The molecule has 6 nitrogen and oxygen atoms in total. The molecule has 0 aliphatic heterocycles. The number of carbonyl (C=O) groups is 2. The van der Waals surface area contributed by atoms with Crippen LogP contribution in [0.2, 0.25) is 0 Å². The van der Waals surface area contributed by atoms with Crippen molar-refractivity contribution in [1.29, 1.82) is 0 Å². The van der Waals surface area contributed by atoms with Crippen molar-refractivity contribution in [2.24, 2.45) is 0 Å². The van der Waals surface area contributed by atoms with Gasteiger partial charge in [0.1, 0.15) is 11.5 Å². The Balaban J connectivity index is 0. The first kappa shape index (κ1) is 20.5. The zero-order valence-corrected chi connectivity index (χ0v) is 16.3. The van der Waals surface area contributed by atoms with Crippen LogP contribution in [0.4, 0.5) is 0 Å². The van der Waals surface area contributed by atoms with E-state index in [1.165, 1.54) is 6.92 Å². The van der Waals surface area contributed by atoms with E-state index in [-0.39, 0.29) is 108 Å². The Bertz CT molecular complexity index is 436. The molecule has 0 aliphatic rings. The SMILES string of the molecule is Cc1nc(C=C(C(=O)[O-])C(=O)[O-])c(C)o1.[K+].[K+]. The van der Waals surface area contributed by atoms with Gasteiger partial charge in [-0.25, -0.2) is 4.98 Å². The van der Waals surface area contributed by atoms with Gasteiger partial charge in [-0.05, 0) is 13.0 Å². The Morgan fingerprint density at radius 1 is 1.18 bits per heavy atom. The number of aromatic nitrogens is 1. The molecule has 0 bridgehead atoms. The zero-order valence-electron chi connectivity index (χ0n) is 10.1. The molecule has 0 saturated heterocycles. The van der Waals surface area contributed by atoms with Crippen LogP contribution in [0.1, 0.15) is 17.3 Å². The number of carboxylic acid groups (broad SMARTS) is 2. The van der Waals surface area contributed by atoms with Gasteiger partial charge >= 0.3 is 103 Å². The largest absolute Gasteiger partial charge is 1.00 e. The molecule has 0 amide bonds. The molecule has 0 fully saturated rings. The van der Waals surface area contributed by atoms with Crippen LogP contribution in [0, 0.1) is 13.8 Å². The monoisotopic (exact) mass is 287 g/mol. The zero-order chi connectivity index (χ0) is 11.6. The summed E-state index contributed by atoms with van der Waals surface area (Å²) in [5, 5.41) is 20.8. The summed E-state index contributed by atoms with van der Waals surface area (Å²) in [6, 6.07) is 0. The average molecular weight is 287 g/mol. The maximum absolute atomic E-state index is 10.4. The van der Waals surface area contributed by atoms with E-state index in [0.29, 0.717) is 11.7 Å². The molecule has 0 aliphatic carbocycles. The fourth-order valence-corrected chi connectivity index (χ4v) is 1.02. The Kier molecular flexibility index (Phi) is 11.0. The molecule has 0 saturated carbocycles. The van der Waals surface area contributed by atoms with Crippen LogP contribution in [-0.2, 0) is 9.59 Å². The van der Waals surface area contributed by atoms with Gasteiger partial charge in [-0.1, -0.05) is 0 Å². The number of nitrogens with zero attached hydrogens (tertiary/aromatic N) is 1. The normalized spacial score (nSPS) is 8.59. The summed E-state index contributed by atoms with van der Waals surface area (Å²) < 4.78 is 4.99. The van der Waals surface area contributed by atoms with Crippen LogP contribution < -0.4 is 113 Å². The number of hydrogen-bond acceptors (Lipinski definition) is 6. The third-order valence-corrected chi connectivity index (χ3v) is 1.66. The van der Waals surface area contributed by atoms with Crippen LogP contribution >= 0.6 is 0 Å². The van der Waals surface area contributed by atoms with E-state index in [1.807, 2.05) is 0 Å². The maximum Gasteiger partial charge on any atom is 1.00 e. The average Bonchev–Trinajstić information content (AvgIpc) is 2.39. The molecule has 80 valence electrons. The topological polar surface area (TPSA) is 106 Å². The van der Waals surface area contributed by atoms with E-state index < -0.39 is 17.5 Å². The van der Waals surface area contributed by atoms with Crippen molar-refractivity contribution in [2.75, 3.05) is 0 Å². The van der Waals surface area contributed by atoms with Gasteiger partial charge in [0.2, 0.25) is 0 Å². The third kappa shape index (κ3) is 6.23. The third-order valence-electron chi connectivity index (χ3n) is 1.66. The number of rotatable bonds is 3. The van der Waals surface area contributed by atoms with E-state index >= 15 is 0 Å². The summed E-state index contributed by atoms with van der Waals surface area (Å²) in [6.45, 7) is 3.09. The van der Waals surface area contributed by atoms with Crippen LogP contribution in [0.3, 0.4) is 0 Å². The Morgan fingerprint density at radius 3 is 1.94 bits per heavy atom. The molecule has 1 rings (SSSR count). The minimum Gasteiger partial charge on any atom is -0.545 e. The van der Waals surface area contributed by atoms with Gasteiger partial charge in [-0.2, -0.15) is 0 Å². The molecular formula is C9H7K2NO5. The minimum atomic E-state index is -1.82. The molecule has 8 heteroatoms. The van der Waals surface area contributed by atoms with Crippen LogP contribution in [0.5, 0.6) is 0 Å². The minimum absolute atomic E-state index is 0. The van der Waals surface area contributed by atoms with E-state index in [1.54, 1.807) is 6.92 Å². The smallest absolute Gasteiger partial charge is 0.545 e. The molecule has 0 radical (unpaired) electrons. The second-order valence-corrected chi connectivity index (χ2v) is 2.81. The van der Waals surface area contributed by atoms with Gasteiger partial charge in [-0.3, -0.25) is 0 Å². The summed E-state index contributed by atoms with van der Waals surface area (Å²) >= 11 is 0. The van der Waals surface area contributed by atoms with Crippen LogP contribution in [0.15, 0.2) is 9.99 Å². The van der Waals surface area contributed by atoms with Gasteiger partial charge in [0.15, 0.2) is 5.89 Å². The first-order valence-electron chi connectivity index (χ1n) is 4.00. The van der Waals surface area contributed by atoms with Crippen molar-refractivity contribution in [3.05, 3.63) is 22.9 Å². The first-order chi connectivity index (χ1) is 6.91. The molecule has 1 aromatic heterocycles. The molecule has 0 aromatic carbocycles. The molecular weight excluding hydrogens is 280 g/mol. The van der Waals surface area contributed by atoms with E-state index in [2.05, 4.69) is 4.98 Å². The first-order valence-corrected chi connectivity index (χ1v) is 4.00. The Labute approximate surface area is 183 Å². The van der Waals surface area contributed by atoms with Crippen LogP contribution in [0.25, 0.3) is 6.08 Å². The predicted octanol–water partition coefficient (Wildman–Crippen LogP) is -7.82. The van der Waals surface area contributed by atoms with Crippen molar-refractivity contribution in [3.63, 3.8) is 0 Å². The Morgan fingerprint density at radius 2 is 1.65 bits per heavy atom. The molecule has 17 heavy (non-hydrogen) atoms. The number of hydrogen-bond donors (Lipinski definition) is 0. The van der Waals surface area contributed by atoms with Gasteiger partial charge in [0, 0.05) is 12.5 Å². The van der Waals surface area contributed by atoms with Crippen molar-refractivity contribution in [2.45, 2.75) is 13.8 Å². The second-order valence-electron chi connectivity index (χ2n) is 2.81. The van der Waals surface area contributed by atoms with Gasteiger partial charge < -0.3 is 24.2 Å². The molecule has 0 unspecified atom stereocenters.